The Morgan fingerprint density at radius 1 is 1.28 bits per heavy atom. The van der Waals surface area contributed by atoms with Gasteiger partial charge in [0.25, 0.3) is 0 Å². The number of nitrogens with one attached hydrogen (secondary N) is 1. The van der Waals surface area contributed by atoms with E-state index in [1.807, 2.05) is 0 Å². The summed E-state index contributed by atoms with van der Waals surface area (Å²) in [4.78, 5) is 2.49. The predicted octanol–water partition coefficient (Wildman–Crippen LogP) is 2.12. The molecule has 1 saturated carbocycles. The van der Waals surface area contributed by atoms with Crippen molar-refractivity contribution in [3.63, 3.8) is 0 Å². The van der Waals surface area contributed by atoms with E-state index in [-0.39, 0.29) is 0 Å². The number of nitrogens with zero attached hydrogens (tertiary/aromatic N) is 1. The van der Waals surface area contributed by atoms with E-state index >= 15 is 0 Å². The first-order valence-electron chi connectivity index (χ1n) is 7.81. The smallest absolute Gasteiger partial charge is 0.0826 e. The van der Waals surface area contributed by atoms with Gasteiger partial charge in [-0.3, -0.25) is 4.90 Å². The average Bonchev–Trinajstić information content (AvgIpc) is 2.77. The second-order valence-corrected chi connectivity index (χ2v) is 6.01. The Hall–Kier alpha value is -0.120. The molecule has 3 nitrogen and oxygen atoms in total. The molecule has 2 fully saturated rings. The van der Waals surface area contributed by atoms with Crippen LogP contribution in [-0.2, 0) is 4.74 Å². The lowest BCUT2D eigenvalue weighted by atomic mass is 9.93. The Morgan fingerprint density at radius 3 is 2.78 bits per heavy atom. The maximum absolute atomic E-state index is 5.85. The second-order valence-electron chi connectivity index (χ2n) is 6.01. The van der Waals surface area contributed by atoms with Crippen molar-refractivity contribution in [2.45, 2.75) is 52.2 Å². The topological polar surface area (TPSA) is 24.5 Å². The van der Waals surface area contributed by atoms with Crippen LogP contribution in [0.5, 0.6) is 0 Å². The van der Waals surface area contributed by atoms with Gasteiger partial charge in [0.1, 0.15) is 0 Å². The summed E-state index contributed by atoms with van der Waals surface area (Å²) in [7, 11) is 0. The standard InChI is InChI=1S/C15H30N2O/c1-4-13-6-7-15(12(13)3)16-10-14-11-17(5-2)8-9-18-14/h12-16H,4-11H2,1-3H3. The minimum absolute atomic E-state index is 0.395. The van der Waals surface area contributed by atoms with Gasteiger partial charge in [-0.15, -0.1) is 0 Å². The lowest BCUT2D eigenvalue weighted by Crippen LogP contribution is -2.48. The van der Waals surface area contributed by atoms with Gasteiger partial charge in [-0.1, -0.05) is 27.2 Å². The highest BCUT2D eigenvalue weighted by Gasteiger charge is 2.31. The third-order valence-corrected chi connectivity index (χ3v) is 5.03. The van der Waals surface area contributed by atoms with Gasteiger partial charge in [0.05, 0.1) is 12.7 Å². The molecular weight excluding hydrogens is 224 g/mol. The van der Waals surface area contributed by atoms with E-state index in [0.717, 1.165) is 50.7 Å². The van der Waals surface area contributed by atoms with Crippen LogP contribution < -0.4 is 5.32 Å². The summed E-state index contributed by atoms with van der Waals surface area (Å²) < 4.78 is 5.85. The van der Waals surface area contributed by atoms with E-state index in [9.17, 15) is 0 Å². The lowest BCUT2D eigenvalue weighted by molar-refractivity contribution is -0.0268. The van der Waals surface area contributed by atoms with Crippen molar-refractivity contribution in [1.82, 2.24) is 10.2 Å². The quantitative estimate of drug-likeness (QED) is 0.813. The number of rotatable bonds is 5. The van der Waals surface area contributed by atoms with Crippen LogP contribution >= 0.6 is 0 Å². The van der Waals surface area contributed by atoms with Gasteiger partial charge in [0.15, 0.2) is 0 Å². The van der Waals surface area contributed by atoms with Gasteiger partial charge in [0, 0.05) is 25.7 Å². The van der Waals surface area contributed by atoms with Crippen molar-refractivity contribution in [2.24, 2.45) is 11.8 Å². The summed E-state index contributed by atoms with van der Waals surface area (Å²) in [5, 5.41) is 3.76. The monoisotopic (exact) mass is 254 g/mol. The van der Waals surface area contributed by atoms with Gasteiger partial charge >= 0.3 is 0 Å². The zero-order chi connectivity index (χ0) is 13.0. The van der Waals surface area contributed by atoms with Crippen molar-refractivity contribution in [3.8, 4) is 0 Å². The molecule has 106 valence electrons. The minimum Gasteiger partial charge on any atom is -0.374 e. The number of likely N-dealkylation sites (N-methyl/N-ethyl adjacent to an activating group) is 1. The van der Waals surface area contributed by atoms with Crippen LogP contribution in [0.15, 0.2) is 0 Å². The van der Waals surface area contributed by atoms with Crippen LogP contribution in [0.4, 0.5) is 0 Å². The maximum Gasteiger partial charge on any atom is 0.0826 e. The molecule has 0 aromatic carbocycles. The molecule has 0 spiro atoms. The van der Waals surface area contributed by atoms with Crippen molar-refractivity contribution >= 4 is 0 Å². The van der Waals surface area contributed by atoms with Crippen molar-refractivity contribution in [1.29, 1.82) is 0 Å². The number of morpholine rings is 1. The zero-order valence-electron chi connectivity index (χ0n) is 12.3. The Labute approximate surface area is 112 Å². The summed E-state index contributed by atoms with van der Waals surface area (Å²) >= 11 is 0. The molecule has 1 aliphatic carbocycles. The first-order chi connectivity index (χ1) is 8.74. The van der Waals surface area contributed by atoms with Crippen molar-refractivity contribution < 1.29 is 4.74 Å². The summed E-state index contributed by atoms with van der Waals surface area (Å²) in [6.07, 6.45) is 4.49. The third-order valence-electron chi connectivity index (χ3n) is 5.03. The van der Waals surface area contributed by atoms with E-state index in [2.05, 4.69) is 31.0 Å². The van der Waals surface area contributed by atoms with Gasteiger partial charge in [0.2, 0.25) is 0 Å². The van der Waals surface area contributed by atoms with Crippen LogP contribution in [0.2, 0.25) is 0 Å². The minimum atomic E-state index is 0.395. The molecule has 1 aliphatic heterocycles. The van der Waals surface area contributed by atoms with Crippen LogP contribution in [0, 0.1) is 11.8 Å². The molecule has 4 unspecified atom stereocenters. The van der Waals surface area contributed by atoms with Gasteiger partial charge in [-0.2, -0.15) is 0 Å². The van der Waals surface area contributed by atoms with E-state index in [0.29, 0.717) is 6.10 Å². The largest absolute Gasteiger partial charge is 0.374 e. The van der Waals surface area contributed by atoms with Crippen LogP contribution in [0.25, 0.3) is 0 Å². The van der Waals surface area contributed by atoms with Gasteiger partial charge in [-0.05, 0) is 31.2 Å². The third kappa shape index (κ3) is 3.46. The average molecular weight is 254 g/mol. The lowest BCUT2D eigenvalue weighted by Gasteiger charge is -2.33. The fourth-order valence-electron chi connectivity index (χ4n) is 3.59. The van der Waals surface area contributed by atoms with Crippen molar-refractivity contribution in [3.05, 3.63) is 0 Å². The molecule has 1 saturated heterocycles. The van der Waals surface area contributed by atoms with E-state index in [1.54, 1.807) is 0 Å². The SMILES string of the molecule is CCC1CCC(NCC2CN(CC)CCO2)C1C. The molecule has 2 rings (SSSR count). The summed E-state index contributed by atoms with van der Waals surface area (Å²) in [6.45, 7) is 12.3. The fourth-order valence-corrected chi connectivity index (χ4v) is 3.59. The van der Waals surface area contributed by atoms with Crippen molar-refractivity contribution in [2.75, 3.05) is 32.8 Å². The maximum atomic E-state index is 5.85. The summed E-state index contributed by atoms with van der Waals surface area (Å²) in [5.41, 5.74) is 0. The molecule has 2 aliphatic rings. The van der Waals surface area contributed by atoms with E-state index in [4.69, 9.17) is 4.74 Å². The van der Waals surface area contributed by atoms with Crippen LogP contribution in [0.1, 0.15) is 40.0 Å². The molecular formula is C15H30N2O. The molecule has 18 heavy (non-hydrogen) atoms. The summed E-state index contributed by atoms with van der Waals surface area (Å²) in [6, 6.07) is 0.718. The fraction of sp³-hybridized carbons (Fsp3) is 1.00. The number of ether oxygens (including phenoxy) is 1. The van der Waals surface area contributed by atoms with Gasteiger partial charge in [-0.25, -0.2) is 0 Å². The molecule has 0 bridgehead atoms. The first-order valence-corrected chi connectivity index (χ1v) is 7.81. The second kappa shape index (κ2) is 6.88. The molecule has 1 N–H and O–H groups in total. The summed E-state index contributed by atoms with van der Waals surface area (Å²) in [5.74, 6) is 1.77. The molecule has 0 amide bonds. The molecule has 4 atom stereocenters. The Morgan fingerprint density at radius 2 is 2.11 bits per heavy atom. The first kappa shape index (κ1) is 14.3. The Kier molecular flexibility index (Phi) is 5.46. The molecule has 1 heterocycles. The normalized spacial score (nSPS) is 38.2. The predicted molar refractivity (Wildman–Crippen MR) is 75.8 cm³/mol. The highest BCUT2D eigenvalue weighted by molar-refractivity contribution is 4.87. The molecule has 0 radical (unpaired) electrons. The number of hydrogen-bond acceptors (Lipinski definition) is 3. The van der Waals surface area contributed by atoms with Gasteiger partial charge < -0.3 is 10.1 Å². The van der Waals surface area contributed by atoms with Crippen LogP contribution in [-0.4, -0.2) is 49.8 Å². The molecule has 0 aromatic heterocycles. The Bertz CT molecular complexity index is 247. The Balaban J connectivity index is 1.71. The van der Waals surface area contributed by atoms with Crippen LogP contribution in [0.3, 0.4) is 0 Å². The highest BCUT2D eigenvalue weighted by Crippen LogP contribution is 2.33. The highest BCUT2D eigenvalue weighted by atomic mass is 16.5. The zero-order valence-corrected chi connectivity index (χ0v) is 12.3. The number of hydrogen-bond donors (Lipinski definition) is 1. The molecule has 3 heteroatoms. The van der Waals surface area contributed by atoms with E-state index in [1.165, 1.54) is 19.3 Å². The molecule has 0 aromatic rings. The van der Waals surface area contributed by atoms with E-state index < -0.39 is 0 Å².